The van der Waals surface area contributed by atoms with Crippen molar-refractivity contribution in [3.05, 3.63) is 128 Å². The summed E-state index contributed by atoms with van der Waals surface area (Å²) in [6.07, 6.45) is 0. The Morgan fingerprint density at radius 3 is 1.38 bits per heavy atom. The molecule has 0 amide bonds. The van der Waals surface area contributed by atoms with Crippen LogP contribution < -0.4 is 11.0 Å². The smallest absolute Gasteiger partial charge is 0.271 e. The van der Waals surface area contributed by atoms with Crippen LogP contribution in [-0.2, 0) is 28.4 Å². The summed E-state index contributed by atoms with van der Waals surface area (Å²) in [4.78, 5) is 31.4. The summed E-state index contributed by atoms with van der Waals surface area (Å²) < 4.78 is 79.6. The highest BCUT2D eigenvalue weighted by atomic mass is 32.2. The van der Waals surface area contributed by atoms with Crippen molar-refractivity contribution in [3.63, 3.8) is 0 Å². The minimum Gasteiger partial charge on any atom is -0.271 e. The molecule has 0 saturated carbocycles. The fourth-order valence-electron chi connectivity index (χ4n) is 8.72. The first kappa shape index (κ1) is 41.2. The fourth-order valence-corrected chi connectivity index (χ4v) is 16.5. The lowest BCUT2D eigenvalue weighted by Crippen LogP contribution is -2.67. The van der Waals surface area contributed by atoms with Gasteiger partial charge in [0, 0.05) is 70.0 Å². The Kier molecular flexibility index (Phi) is 9.57. The molecule has 6 heterocycles. The standard InChI is InChI=1S/C44H44N10O6S2Si/c1-9-51(10-2)61(55,56)59-63(60-62(57,58)52(11-3)12-4)53-41-31-19-15-27(7)23-35(31)44(53)48-38-30-18-14-26(6)22-34(30)40(46-38)50-42-32-20-16-28(8)24-36(32)43(54(42)63)47-37-29-17-13-25(5)21-33(29)39(45-37)49-41/h13-24H,9-12H2,1-8H3. The Bertz CT molecular complexity index is 3470. The van der Waals surface area contributed by atoms with Crippen molar-refractivity contribution in [1.29, 1.82) is 0 Å². The van der Waals surface area contributed by atoms with E-state index in [-0.39, 0.29) is 72.1 Å². The molecule has 0 unspecified atom stereocenters. The SMILES string of the molecule is CCN(CC)S(=O)(=O)O[Si]1(OS(=O)(=O)N(CC)CC)n2c3c4cc(C)ccc4c2N=C2N=C(N=c4c5cc(C)ccc5c(n41)=NC1=NC(=N3)c3ccc(C)cc31)c1ccc(C)cc12. The molecule has 6 bridgehead atoms. The van der Waals surface area contributed by atoms with Crippen molar-refractivity contribution in [3.8, 4) is 0 Å². The molecule has 0 spiro atoms. The van der Waals surface area contributed by atoms with E-state index in [1.165, 1.54) is 8.47 Å². The minimum atomic E-state index is -5.67. The van der Waals surface area contributed by atoms with Crippen LogP contribution in [0.3, 0.4) is 0 Å². The van der Waals surface area contributed by atoms with E-state index in [1.54, 1.807) is 27.7 Å². The summed E-state index contributed by atoms with van der Waals surface area (Å²) in [5.74, 6) is 1.29. The summed E-state index contributed by atoms with van der Waals surface area (Å²) in [7, 11) is -15.5. The van der Waals surface area contributed by atoms with E-state index in [0.29, 0.717) is 43.8 Å². The van der Waals surface area contributed by atoms with Gasteiger partial charge >= 0.3 is 29.5 Å². The first-order chi connectivity index (χ1) is 30.1. The van der Waals surface area contributed by atoms with Crippen molar-refractivity contribution in [2.45, 2.75) is 55.4 Å². The quantitative estimate of drug-likeness (QED) is 0.157. The lowest BCUT2D eigenvalue weighted by molar-refractivity contribution is 0.290. The second-order valence-electron chi connectivity index (χ2n) is 15.9. The zero-order valence-electron chi connectivity index (χ0n) is 36.0. The van der Waals surface area contributed by atoms with E-state index in [9.17, 15) is 0 Å². The van der Waals surface area contributed by atoms with Gasteiger partial charge in [-0.15, -0.1) is 0 Å². The molecule has 4 aliphatic rings. The van der Waals surface area contributed by atoms with E-state index in [0.717, 1.165) is 30.9 Å². The average molecular weight is 901 g/mol. The maximum atomic E-state index is 15.2. The van der Waals surface area contributed by atoms with Gasteiger partial charge in [-0.1, -0.05) is 98.5 Å². The summed E-state index contributed by atoms with van der Waals surface area (Å²) in [5.41, 5.74) is 6.50. The van der Waals surface area contributed by atoms with Crippen LogP contribution in [0.15, 0.2) is 103 Å². The largest absolute Gasteiger partial charge is 0.634 e. The number of rotatable bonds is 10. The van der Waals surface area contributed by atoms with Gasteiger partial charge in [-0.25, -0.2) is 37.7 Å². The van der Waals surface area contributed by atoms with Crippen LogP contribution in [0.25, 0.3) is 21.5 Å². The summed E-state index contributed by atoms with van der Waals surface area (Å²) >= 11 is 0. The molecule has 6 aromatic rings. The van der Waals surface area contributed by atoms with Crippen LogP contribution in [0, 0.1) is 27.7 Å². The molecule has 4 aromatic carbocycles. The second kappa shape index (κ2) is 14.6. The summed E-state index contributed by atoms with van der Waals surface area (Å²) in [6, 6.07) is 23.0. The molecule has 4 aliphatic heterocycles. The van der Waals surface area contributed by atoms with Gasteiger partial charge in [0.05, 0.1) is 0 Å². The number of amidine groups is 4. The van der Waals surface area contributed by atoms with Crippen LogP contribution >= 0.6 is 0 Å². The molecule has 2 aromatic heterocycles. The van der Waals surface area contributed by atoms with Gasteiger partial charge in [-0.05, 0) is 52.0 Å². The van der Waals surface area contributed by atoms with Crippen molar-refractivity contribution in [2.75, 3.05) is 26.2 Å². The fraction of sp³-hybridized carbons (Fsp3) is 0.273. The maximum absolute atomic E-state index is 15.2. The van der Waals surface area contributed by atoms with Gasteiger partial charge in [-0.3, -0.25) is 8.47 Å². The lowest BCUT2D eigenvalue weighted by atomic mass is 10.0. The predicted molar refractivity (Wildman–Crippen MR) is 246 cm³/mol. The third-order valence-corrected chi connectivity index (χ3v) is 19.5. The number of aromatic nitrogens is 2. The van der Waals surface area contributed by atoms with E-state index in [1.807, 2.05) is 100 Å². The molecule has 0 aliphatic carbocycles. The number of nitrogens with zero attached hydrogens (tertiary/aromatic N) is 10. The van der Waals surface area contributed by atoms with Gasteiger partial charge < -0.3 is 0 Å². The van der Waals surface area contributed by atoms with Gasteiger partial charge in [0.1, 0.15) is 22.6 Å². The van der Waals surface area contributed by atoms with Crippen LogP contribution in [0.1, 0.15) is 72.2 Å². The number of aliphatic imine (C=N–C) groups is 4. The molecule has 16 nitrogen and oxygen atoms in total. The van der Waals surface area contributed by atoms with Crippen LogP contribution in [-0.4, -0.2) is 92.3 Å². The molecular weight excluding hydrogens is 857 g/mol. The van der Waals surface area contributed by atoms with Crippen LogP contribution in [0.2, 0.25) is 0 Å². The molecule has 0 atom stereocenters. The van der Waals surface area contributed by atoms with Crippen molar-refractivity contribution in [1.82, 2.24) is 17.1 Å². The molecule has 0 saturated heterocycles. The topological polar surface area (TPSA) is 177 Å². The second-order valence-corrected chi connectivity index (χ2v) is 22.0. The van der Waals surface area contributed by atoms with Gasteiger partial charge in [0.15, 0.2) is 23.3 Å². The average Bonchev–Trinajstić information content (AvgIpc) is 3.93. The minimum absolute atomic E-state index is 0.00151. The van der Waals surface area contributed by atoms with Crippen LogP contribution in [0.4, 0.5) is 11.6 Å². The van der Waals surface area contributed by atoms with E-state index < -0.39 is 29.5 Å². The number of aryl methyl sites for hydroxylation is 4. The third kappa shape index (κ3) is 6.27. The normalized spacial score (nSPS) is 16.0. The number of hydrogen-bond acceptors (Lipinski definition) is 12. The first-order valence-electron chi connectivity index (χ1n) is 20.8. The van der Waals surface area contributed by atoms with E-state index in [4.69, 9.17) is 37.7 Å². The molecule has 0 radical (unpaired) electrons. The van der Waals surface area contributed by atoms with Gasteiger partial charge in [0.25, 0.3) is 0 Å². The molecule has 0 N–H and O–H groups in total. The first-order valence-corrected chi connectivity index (χ1v) is 25.3. The highest BCUT2D eigenvalue weighted by molar-refractivity contribution is 7.87. The van der Waals surface area contributed by atoms with Crippen molar-refractivity contribution >= 4 is 86.0 Å². The molecule has 322 valence electrons. The Hall–Kier alpha value is -5.80. The van der Waals surface area contributed by atoms with Gasteiger partial charge in [-0.2, -0.15) is 25.4 Å². The summed E-state index contributed by atoms with van der Waals surface area (Å²) in [6.45, 7) is 14.5. The number of hydrogen-bond donors (Lipinski definition) is 0. The number of benzene rings is 4. The van der Waals surface area contributed by atoms with Gasteiger partial charge in [0.2, 0.25) is 0 Å². The zero-order chi connectivity index (χ0) is 44.3. The monoisotopic (exact) mass is 900 g/mol. The molecule has 10 rings (SSSR count). The highest BCUT2D eigenvalue weighted by Crippen LogP contribution is 2.45. The summed E-state index contributed by atoms with van der Waals surface area (Å²) in [5, 5.41) is 2.04. The van der Waals surface area contributed by atoms with Crippen LogP contribution in [0.5, 0.6) is 0 Å². The Labute approximate surface area is 365 Å². The third-order valence-electron chi connectivity index (χ3n) is 11.8. The molecular formula is C44H44N10O6S2Si. The Morgan fingerprint density at radius 2 is 0.857 bits per heavy atom. The molecule has 19 heteroatoms. The zero-order valence-corrected chi connectivity index (χ0v) is 38.6. The number of fused-ring (bicyclic) bond motifs is 14. The molecule has 0 fully saturated rings. The van der Waals surface area contributed by atoms with E-state index >= 15 is 16.8 Å². The Morgan fingerprint density at radius 1 is 0.460 bits per heavy atom. The predicted octanol–water partition coefficient (Wildman–Crippen LogP) is 5.81. The van der Waals surface area contributed by atoms with Crippen molar-refractivity contribution < 1.29 is 24.6 Å². The molecule has 63 heavy (non-hydrogen) atoms. The van der Waals surface area contributed by atoms with Crippen molar-refractivity contribution in [2.24, 2.45) is 30.0 Å². The maximum Gasteiger partial charge on any atom is 0.634 e. The highest BCUT2D eigenvalue weighted by Gasteiger charge is 2.60. The lowest BCUT2D eigenvalue weighted by Gasteiger charge is -2.34. The Balaban J connectivity index is 1.56. The van der Waals surface area contributed by atoms with E-state index in [2.05, 4.69) is 0 Å².